The molecule has 0 radical (unpaired) electrons. The molecule has 0 heterocycles. The Morgan fingerprint density at radius 2 is 1.81 bits per heavy atom. The van der Waals surface area contributed by atoms with Gasteiger partial charge in [-0.25, -0.2) is 4.39 Å². The van der Waals surface area contributed by atoms with Crippen molar-refractivity contribution in [3.63, 3.8) is 0 Å². The van der Waals surface area contributed by atoms with E-state index in [1.807, 2.05) is 36.2 Å². The van der Waals surface area contributed by atoms with Crippen molar-refractivity contribution in [2.45, 2.75) is 19.1 Å². The average Bonchev–Trinajstić information content (AvgIpc) is 2.48. The van der Waals surface area contributed by atoms with Crippen LogP contribution in [0.4, 0.5) is 4.39 Å². The quantitative estimate of drug-likeness (QED) is 0.871. The van der Waals surface area contributed by atoms with E-state index in [1.54, 1.807) is 18.2 Å². The van der Waals surface area contributed by atoms with Gasteiger partial charge in [-0.3, -0.25) is 0 Å². The van der Waals surface area contributed by atoms with Crippen molar-refractivity contribution in [3.05, 3.63) is 70.5 Å². The van der Waals surface area contributed by atoms with Crippen LogP contribution in [0.2, 0.25) is 5.02 Å². The van der Waals surface area contributed by atoms with Gasteiger partial charge in [0.15, 0.2) is 0 Å². The molecule has 1 N–H and O–H groups in total. The largest absolute Gasteiger partial charge is 0.388 e. The third-order valence-electron chi connectivity index (χ3n) is 3.45. The molecule has 1 unspecified atom stereocenters. The third kappa shape index (κ3) is 4.53. The molecule has 2 rings (SSSR count). The fourth-order valence-electron chi connectivity index (χ4n) is 2.24. The molecule has 0 aliphatic heterocycles. The fraction of sp³-hybridized carbons (Fsp3) is 0.294. The summed E-state index contributed by atoms with van der Waals surface area (Å²) in [4.78, 5) is 1.98. The first kappa shape index (κ1) is 16.0. The molecule has 0 bridgehead atoms. The molecule has 1 atom stereocenters. The average molecular weight is 308 g/mol. The fourth-order valence-corrected chi connectivity index (χ4v) is 2.50. The van der Waals surface area contributed by atoms with Crippen LogP contribution in [0, 0.1) is 5.82 Å². The Morgan fingerprint density at radius 1 is 1.14 bits per heavy atom. The maximum atomic E-state index is 13.6. The van der Waals surface area contributed by atoms with E-state index >= 15 is 0 Å². The first-order valence-corrected chi connectivity index (χ1v) is 7.30. The second kappa shape index (κ2) is 7.55. The van der Waals surface area contributed by atoms with E-state index in [1.165, 1.54) is 6.07 Å². The number of rotatable bonds is 6. The summed E-state index contributed by atoms with van der Waals surface area (Å²) in [6.45, 7) is 1.17. The molecule has 0 aliphatic rings. The van der Waals surface area contributed by atoms with E-state index in [4.69, 9.17) is 11.6 Å². The molecule has 2 aromatic rings. The minimum Gasteiger partial charge on any atom is -0.388 e. The second-order valence-electron chi connectivity index (χ2n) is 5.16. The number of hydrogen-bond acceptors (Lipinski definition) is 2. The van der Waals surface area contributed by atoms with Crippen molar-refractivity contribution in [2.75, 3.05) is 13.6 Å². The van der Waals surface area contributed by atoms with E-state index in [9.17, 15) is 9.50 Å². The summed E-state index contributed by atoms with van der Waals surface area (Å²) in [5, 5.41) is 10.8. The molecule has 0 saturated heterocycles. The number of hydrogen-bond donors (Lipinski definition) is 1. The Hall–Kier alpha value is -1.42. The van der Waals surface area contributed by atoms with Gasteiger partial charge in [-0.05, 0) is 31.2 Å². The summed E-state index contributed by atoms with van der Waals surface area (Å²) in [5.41, 5.74) is 1.39. The van der Waals surface area contributed by atoms with E-state index in [0.717, 1.165) is 5.56 Å². The molecule has 0 aliphatic carbocycles. The molecule has 2 aromatic carbocycles. The van der Waals surface area contributed by atoms with E-state index in [0.29, 0.717) is 30.1 Å². The normalized spacial score (nSPS) is 12.6. The van der Waals surface area contributed by atoms with Gasteiger partial charge in [-0.1, -0.05) is 48.0 Å². The predicted octanol–water partition coefficient (Wildman–Crippen LogP) is 4.03. The van der Waals surface area contributed by atoms with Crippen molar-refractivity contribution in [3.8, 4) is 0 Å². The zero-order valence-electron chi connectivity index (χ0n) is 12.0. The molecule has 2 nitrogen and oxygen atoms in total. The van der Waals surface area contributed by atoms with Crippen molar-refractivity contribution in [1.29, 1.82) is 0 Å². The predicted molar refractivity (Wildman–Crippen MR) is 83.8 cm³/mol. The second-order valence-corrected chi connectivity index (χ2v) is 5.56. The Kier molecular flexibility index (Phi) is 5.74. The molecule has 0 spiro atoms. The summed E-state index contributed by atoms with van der Waals surface area (Å²) >= 11 is 6.06. The third-order valence-corrected chi connectivity index (χ3v) is 3.79. The first-order chi connectivity index (χ1) is 10.1. The van der Waals surface area contributed by atoms with Gasteiger partial charge in [0.2, 0.25) is 0 Å². The van der Waals surface area contributed by atoms with Crippen LogP contribution in [0.15, 0.2) is 48.5 Å². The minimum atomic E-state index is -0.609. The highest BCUT2D eigenvalue weighted by Crippen LogP contribution is 2.25. The van der Waals surface area contributed by atoms with Gasteiger partial charge in [0.25, 0.3) is 0 Å². The van der Waals surface area contributed by atoms with Gasteiger partial charge in [0.05, 0.1) is 6.10 Å². The van der Waals surface area contributed by atoms with Gasteiger partial charge in [0.1, 0.15) is 5.82 Å². The zero-order valence-corrected chi connectivity index (χ0v) is 12.7. The van der Waals surface area contributed by atoms with E-state index in [2.05, 4.69) is 0 Å². The summed E-state index contributed by atoms with van der Waals surface area (Å²) in [6, 6.07) is 14.0. The number of nitrogens with zero attached hydrogens (tertiary/aromatic N) is 1. The molecule has 0 saturated carbocycles. The van der Waals surface area contributed by atoms with Gasteiger partial charge in [-0.2, -0.15) is 0 Å². The Balaban J connectivity index is 1.88. The standard InChI is InChI=1S/C17H19ClFNO/c1-20(12-13-6-2-5-9-16(13)19)11-10-17(21)14-7-3-4-8-15(14)18/h2-9,17,21H,10-12H2,1H3. The molecule has 4 heteroatoms. The lowest BCUT2D eigenvalue weighted by Crippen LogP contribution is -2.21. The summed E-state index contributed by atoms with van der Waals surface area (Å²) in [6.07, 6.45) is -0.0592. The van der Waals surface area contributed by atoms with Crippen molar-refractivity contribution >= 4 is 11.6 Å². The van der Waals surface area contributed by atoms with E-state index < -0.39 is 6.10 Å². The molecule has 0 amide bonds. The minimum absolute atomic E-state index is 0.198. The maximum absolute atomic E-state index is 13.6. The highest BCUT2D eigenvalue weighted by atomic mass is 35.5. The lowest BCUT2D eigenvalue weighted by molar-refractivity contribution is 0.147. The van der Waals surface area contributed by atoms with Gasteiger partial charge >= 0.3 is 0 Å². The highest BCUT2D eigenvalue weighted by Gasteiger charge is 2.12. The topological polar surface area (TPSA) is 23.5 Å². The number of benzene rings is 2. The van der Waals surface area contributed by atoms with Crippen molar-refractivity contribution in [1.82, 2.24) is 4.90 Å². The van der Waals surface area contributed by atoms with Crippen LogP contribution in [0.3, 0.4) is 0 Å². The zero-order chi connectivity index (χ0) is 15.2. The maximum Gasteiger partial charge on any atom is 0.127 e. The van der Waals surface area contributed by atoms with Crippen LogP contribution in [-0.4, -0.2) is 23.6 Å². The Bertz CT molecular complexity index is 591. The molecule has 0 aromatic heterocycles. The van der Waals surface area contributed by atoms with Gasteiger partial charge < -0.3 is 10.0 Å². The van der Waals surface area contributed by atoms with Gasteiger partial charge in [-0.15, -0.1) is 0 Å². The molecular weight excluding hydrogens is 289 g/mol. The van der Waals surface area contributed by atoms with Crippen LogP contribution in [-0.2, 0) is 6.54 Å². The van der Waals surface area contributed by atoms with E-state index in [-0.39, 0.29) is 5.82 Å². The molecular formula is C17H19ClFNO. The smallest absolute Gasteiger partial charge is 0.127 e. The van der Waals surface area contributed by atoms with Crippen molar-refractivity contribution in [2.24, 2.45) is 0 Å². The Morgan fingerprint density at radius 3 is 2.52 bits per heavy atom. The lowest BCUT2D eigenvalue weighted by atomic mass is 10.1. The monoisotopic (exact) mass is 307 g/mol. The van der Waals surface area contributed by atoms with Crippen molar-refractivity contribution < 1.29 is 9.50 Å². The van der Waals surface area contributed by atoms with Crippen LogP contribution in [0.25, 0.3) is 0 Å². The molecule has 112 valence electrons. The lowest BCUT2D eigenvalue weighted by Gasteiger charge is -2.20. The van der Waals surface area contributed by atoms with Crippen LogP contribution >= 0.6 is 11.6 Å². The van der Waals surface area contributed by atoms with Gasteiger partial charge in [0, 0.05) is 23.7 Å². The highest BCUT2D eigenvalue weighted by molar-refractivity contribution is 6.31. The Labute approximate surface area is 129 Å². The van der Waals surface area contributed by atoms with Crippen LogP contribution < -0.4 is 0 Å². The number of halogens is 2. The van der Waals surface area contributed by atoms with Crippen LogP contribution in [0.5, 0.6) is 0 Å². The van der Waals surface area contributed by atoms with Crippen LogP contribution in [0.1, 0.15) is 23.7 Å². The molecule has 21 heavy (non-hydrogen) atoms. The molecule has 0 fully saturated rings. The number of aliphatic hydroxyl groups is 1. The SMILES string of the molecule is CN(CCC(O)c1ccccc1Cl)Cc1ccccc1F. The summed E-state index contributed by atoms with van der Waals surface area (Å²) in [7, 11) is 1.91. The summed E-state index contributed by atoms with van der Waals surface area (Å²) < 4.78 is 13.6. The summed E-state index contributed by atoms with van der Waals surface area (Å²) in [5.74, 6) is -0.198. The first-order valence-electron chi connectivity index (χ1n) is 6.92. The number of aliphatic hydroxyl groups excluding tert-OH is 1.